The van der Waals surface area contributed by atoms with Gasteiger partial charge in [-0.3, -0.25) is 0 Å². The van der Waals surface area contributed by atoms with Crippen LogP contribution in [0.1, 0.15) is 0 Å². The summed E-state index contributed by atoms with van der Waals surface area (Å²) in [5.74, 6) is 1.72. The van der Waals surface area contributed by atoms with Crippen LogP contribution in [-0.4, -0.2) is 25.4 Å². The van der Waals surface area contributed by atoms with Gasteiger partial charge in [-0.15, -0.1) is 0 Å². The second kappa shape index (κ2) is 8.04. The van der Waals surface area contributed by atoms with Gasteiger partial charge in [-0.2, -0.15) is 0 Å². The van der Waals surface area contributed by atoms with Crippen LogP contribution >= 0.6 is 17.2 Å². The monoisotopic (exact) mass is 315 g/mol. The second-order valence-corrected chi connectivity index (χ2v) is 8.35. The van der Waals surface area contributed by atoms with Gasteiger partial charge in [0.2, 0.25) is 0 Å². The molecule has 0 bridgehead atoms. The highest BCUT2D eigenvalue weighted by molar-refractivity contribution is 7.47. The molecule has 0 amide bonds. The smallest absolute Gasteiger partial charge is 0.00138 e. The summed E-state index contributed by atoms with van der Waals surface area (Å²) in [6, 6.07) is 21.9. The lowest BCUT2D eigenvalue weighted by Gasteiger charge is -2.18. The van der Waals surface area contributed by atoms with Crippen LogP contribution in [0.15, 0.2) is 60.7 Å². The zero-order valence-electron chi connectivity index (χ0n) is 12.3. The molecule has 21 heavy (non-hydrogen) atoms. The lowest BCUT2D eigenvalue weighted by Crippen LogP contribution is -2.18. The highest BCUT2D eigenvalue weighted by Gasteiger charge is 2.26. The molecule has 2 aromatic rings. The molecule has 1 heterocycles. The van der Waals surface area contributed by atoms with Crippen LogP contribution in [0.25, 0.3) is 0 Å². The van der Waals surface area contributed by atoms with Crippen LogP contribution in [-0.2, 0) is 0 Å². The van der Waals surface area contributed by atoms with Gasteiger partial charge in [0.15, 0.2) is 0 Å². The highest BCUT2D eigenvalue weighted by Crippen LogP contribution is 2.28. The minimum absolute atomic E-state index is 0.861. The van der Waals surface area contributed by atoms with Gasteiger partial charge in [-0.05, 0) is 47.9 Å². The maximum absolute atomic E-state index is 3.60. The topological polar surface area (TPSA) is 12.0 Å². The van der Waals surface area contributed by atoms with Crippen molar-refractivity contribution in [3.8, 4) is 0 Å². The third-order valence-corrected chi connectivity index (χ3v) is 7.10. The van der Waals surface area contributed by atoms with Crippen LogP contribution < -0.4 is 15.9 Å². The molecular formula is C18H23NP2. The Bertz CT molecular complexity index is 480. The molecule has 1 saturated heterocycles. The number of rotatable bonds is 6. The molecule has 3 heteroatoms. The van der Waals surface area contributed by atoms with E-state index in [0.717, 1.165) is 29.0 Å². The Labute approximate surface area is 131 Å². The number of benzene rings is 2. The predicted molar refractivity (Wildman–Crippen MR) is 98.4 cm³/mol. The summed E-state index contributed by atoms with van der Waals surface area (Å²) in [6.45, 7) is 2.42. The van der Waals surface area contributed by atoms with Gasteiger partial charge in [0, 0.05) is 0 Å². The van der Waals surface area contributed by atoms with Crippen molar-refractivity contribution in [1.82, 2.24) is 5.32 Å². The Balaban J connectivity index is 1.49. The van der Waals surface area contributed by atoms with Crippen molar-refractivity contribution in [2.24, 2.45) is 11.8 Å². The van der Waals surface area contributed by atoms with Crippen LogP contribution in [0, 0.1) is 11.8 Å². The zero-order valence-corrected chi connectivity index (χ0v) is 14.3. The SMILES string of the molecule is c1ccc(PCC2CNCC2CPc2ccccc2)cc1. The van der Waals surface area contributed by atoms with Crippen LogP contribution in [0.5, 0.6) is 0 Å². The van der Waals surface area contributed by atoms with E-state index in [0.29, 0.717) is 0 Å². The van der Waals surface area contributed by atoms with Crippen molar-refractivity contribution in [2.45, 2.75) is 0 Å². The van der Waals surface area contributed by atoms with Crippen molar-refractivity contribution in [3.05, 3.63) is 60.7 Å². The van der Waals surface area contributed by atoms with E-state index in [-0.39, 0.29) is 0 Å². The molecule has 4 unspecified atom stereocenters. The van der Waals surface area contributed by atoms with E-state index < -0.39 is 0 Å². The van der Waals surface area contributed by atoms with Gasteiger partial charge < -0.3 is 5.32 Å². The van der Waals surface area contributed by atoms with Crippen molar-refractivity contribution in [1.29, 1.82) is 0 Å². The van der Waals surface area contributed by atoms with Gasteiger partial charge in [0.1, 0.15) is 0 Å². The summed E-state index contributed by atoms with van der Waals surface area (Å²) in [5, 5.41) is 6.62. The summed E-state index contributed by atoms with van der Waals surface area (Å²) < 4.78 is 0. The van der Waals surface area contributed by atoms with Gasteiger partial charge in [0.25, 0.3) is 0 Å². The Morgan fingerprint density at radius 1 is 0.714 bits per heavy atom. The maximum Gasteiger partial charge on any atom is -0.00138 e. The molecule has 0 aliphatic carbocycles. The van der Waals surface area contributed by atoms with Crippen molar-refractivity contribution >= 4 is 27.8 Å². The molecule has 2 aromatic carbocycles. The van der Waals surface area contributed by atoms with E-state index >= 15 is 0 Å². The van der Waals surface area contributed by atoms with E-state index in [9.17, 15) is 0 Å². The molecular weight excluding hydrogens is 292 g/mol. The van der Waals surface area contributed by atoms with Crippen molar-refractivity contribution in [2.75, 3.05) is 25.4 Å². The first-order chi connectivity index (χ1) is 10.4. The first kappa shape index (κ1) is 15.2. The standard InChI is InChI=1S/C18H23NP2/c1-3-7-17(8-4-1)20-13-15-11-19-12-16(15)14-21-18-9-5-2-6-10-18/h1-10,15-16,19-21H,11-14H2. The first-order valence-electron chi connectivity index (χ1n) is 7.70. The van der Waals surface area contributed by atoms with Gasteiger partial charge in [-0.1, -0.05) is 77.8 Å². The average Bonchev–Trinajstić information content (AvgIpc) is 3.00. The summed E-state index contributed by atoms with van der Waals surface area (Å²) in [6.07, 6.45) is 2.70. The fourth-order valence-electron chi connectivity index (χ4n) is 2.88. The number of hydrogen-bond donors (Lipinski definition) is 1. The molecule has 0 aromatic heterocycles. The van der Waals surface area contributed by atoms with E-state index in [1.165, 1.54) is 36.0 Å². The number of hydrogen-bond acceptors (Lipinski definition) is 1. The fraction of sp³-hybridized carbons (Fsp3) is 0.333. The fourth-order valence-corrected chi connectivity index (χ4v) is 5.68. The summed E-state index contributed by atoms with van der Waals surface area (Å²) >= 11 is 0. The van der Waals surface area contributed by atoms with E-state index in [1.54, 1.807) is 0 Å². The van der Waals surface area contributed by atoms with Crippen LogP contribution in [0.3, 0.4) is 0 Å². The van der Waals surface area contributed by atoms with E-state index in [2.05, 4.69) is 66.0 Å². The molecule has 0 saturated carbocycles. The molecule has 0 spiro atoms. The predicted octanol–water partition coefficient (Wildman–Crippen LogP) is 2.83. The molecule has 110 valence electrons. The molecule has 3 rings (SSSR count). The third-order valence-electron chi connectivity index (χ3n) is 4.16. The Morgan fingerprint density at radius 2 is 1.14 bits per heavy atom. The average molecular weight is 315 g/mol. The van der Waals surface area contributed by atoms with Crippen molar-refractivity contribution < 1.29 is 0 Å². The maximum atomic E-state index is 3.60. The van der Waals surface area contributed by atoms with Crippen molar-refractivity contribution in [3.63, 3.8) is 0 Å². The summed E-state index contributed by atoms with van der Waals surface area (Å²) in [5.41, 5.74) is 0. The number of nitrogens with one attached hydrogen (secondary N) is 1. The molecule has 1 aliphatic heterocycles. The van der Waals surface area contributed by atoms with Gasteiger partial charge in [0.05, 0.1) is 0 Å². The zero-order chi connectivity index (χ0) is 14.3. The molecule has 1 fully saturated rings. The largest absolute Gasteiger partial charge is 0.316 e. The normalized spacial score (nSPS) is 22.7. The lowest BCUT2D eigenvalue weighted by molar-refractivity contribution is 0.508. The molecule has 0 radical (unpaired) electrons. The third kappa shape index (κ3) is 4.62. The van der Waals surface area contributed by atoms with E-state index in [4.69, 9.17) is 0 Å². The second-order valence-electron chi connectivity index (χ2n) is 5.67. The molecule has 4 atom stereocenters. The van der Waals surface area contributed by atoms with E-state index in [1.807, 2.05) is 0 Å². The highest BCUT2D eigenvalue weighted by atomic mass is 31.1. The quantitative estimate of drug-likeness (QED) is 0.808. The molecule has 1 N–H and O–H groups in total. The Kier molecular flexibility index (Phi) is 5.81. The van der Waals surface area contributed by atoms with Crippen LogP contribution in [0.4, 0.5) is 0 Å². The molecule has 1 nitrogen and oxygen atoms in total. The minimum Gasteiger partial charge on any atom is -0.316 e. The van der Waals surface area contributed by atoms with Crippen LogP contribution in [0.2, 0.25) is 0 Å². The summed E-state index contributed by atoms with van der Waals surface area (Å²) in [4.78, 5) is 0. The Morgan fingerprint density at radius 3 is 1.57 bits per heavy atom. The first-order valence-corrected chi connectivity index (χ1v) is 10.1. The summed E-state index contributed by atoms with van der Waals surface area (Å²) in [7, 11) is 1.92. The Hall–Kier alpha value is -0.740. The minimum atomic E-state index is 0.861. The molecule has 1 aliphatic rings. The lowest BCUT2D eigenvalue weighted by atomic mass is 10.0. The van der Waals surface area contributed by atoms with Gasteiger partial charge in [-0.25, -0.2) is 0 Å². The van der Waals surface area contributed by atoms with Gasteiger partial charge >= 0.3 is 0 Å².